The molecule has 3 unspecified atom stereocenters. The van der Waals surface area contributed by atoms with Crippen LogP contribution in [0.25, 0.3) is 0 Å². The lowest BCUT2D eigenvalue weighted by molar-refractivity contribution is -0.0594. The van der Waals surface area contributed by atoms with Crippen molar-refractivity contribution in [1.29, 1.82) is 0 Å². The number of likely N-dealkylation sites (tertiary alicyclic amines) is 1. The Morgan fingerprint density at radius 3 is 2.72 bits per heavy atom. The number of hydrogen-bond donors (Lipinski definition) is 1. The summed E-state index contributed by atoms with van der Waals surface area (Å²) in [4.78, 5) is 2.57. The molecular formula is C15H32N2O. The van der Waals surface area contributed by atoms with Crippen molar-refractivity contribution in [2.45, 2.75) is 71.1 Å². The Morgan fingerprint density at radius 1 is 1.39 bits per heavy atom. The van der Waals surface area contributed by atoms with Crippen LogP contribution in [-0.4, -0.2) is 49.3 Å². The minimum atomic E-state index is 0.0571. The van der Waals surface area contributed by atoms with E-state index in [9.17, 15) is 0 Å². The first kappa shape index (κ1) is 15.9. The second kappa shape index (κ2) is 7.46. The lowest BCUT2D eigenvalue weighted by Gasteiger charge is -2.42. The standard InChI is InChI=1S/C15H32N2O/c1-6-8-13(2)16-11-14(3)17-10-7-9-15(4,12-17)18-5/h13-14,16H,6-12H2,1-5H3. The van der Waals surface area contributed by atoms with Gasteiger partial charge in [-0.1, -0.05) is 13.3 Å². The van der Waals surface area contributed by atoms with Gasteiger partial charge in [-0.25, -0.2) is 0 Å². The Hall–Kier alpha value is -0.120. The van der Waals surface area contributed by atoms with Gasteiger partial charge in [0.2, 0.25) is 0 Å². The molecule has 1 rings (SSSR count). The second-order valence-corrected chi connectivity index (χ2v) is 6.18. The molecule has 3 heteroatoms. The fraction of sp³-hybridized carbons (Fsp3) is 1.00. The van der Waals surface area contributed by atoms with Crippen LogP contribution in [0.1, 0.15) is 53.4 Å². The zero-order valence-corrected chi connectivity index (χ0v) is 13.0. The van der Waals surface area contributed by atoms with Crippen LogP contribution in [0, 0.1) is 0 Å². The van der Waals surface area contributed by atoms with Crippen LogP contribution < -0.4 is 5.32 Å². The molecule has 0 aromatic rings. The van der Waals surface area contributed by atoms with E-state index < -0.39 is 0 Å². The Morgan fingerprint density at radius 2 is 2.11 bits per heavy atom. The zero-order valence-electron chi connectivity index (χ0n) is 13.0. The molecule has 0 amide bonds. The van der Waals surface area contributed by atoms with Crippen LogP contribution in [0.3, 0.4) is 0 Å². The summed E-state index contributed by atoms with van der Waals surface area (Å²) < 4.78 is 5.66. The largest absolute Gasteiger partial charge is 0.377 e. The van der Waals surface area contributed by atoms with E-state index in [1.165, 1.54) is 32.2 Å². The van der Waals surface area contributed by atoms with Crippen molar-refractivity contribution in [1.82, 2.24) is 10.2 Å². The molecule has 0 bridgehead atoms. The summed E-state index contributed by atoms with van der Waals surface area (Å²) in [5.41, 5.74) is 0.0571. The fourth-order valence-corrected chi connectivity index (χ4v) is 2.82. The summed E-state index contributed by atoms with van der Waals surface area (Å²) in [5.74, 6) is 0. The topological polar surface area (TPSA) is 24.5 Å². The quantitative estimate of drug-likeness (QED) is 0.758. The van der Waals surface area contributed by atoms with Crippen LogP contribution in [0.5, 0.6) is 0 Å². The molecular weight excluding hydrogens is 224 g/mol. The highest BCUT2D eigenvalue weighted by molar-refractivity contribution is 4.87. The maximum Gasteiger partial charge on any atom is 0.0777 e. The molecule has 3 atom stereocenters. The highest BCUT2D eigenvalue weighted by atomic mass is 16.5. The van der Waals surface area contributed by atoms with E-state index in [1.807, 2.05) is 7.11 Å². The maximum absolute atomic E-state index is 5.66. The van der Waals surface area contributed by atoms with Crippen molar-refractivity contribution in [3.63, 3.8) is 0 Å². The summed E-state index contributed by atoms with van der Waals surface area (Å²) in [5, 5.41) is 3.64. The third kappa shape index (κ3) is 4.87. The average molecular weight is 256 g/mol. The van der Waals surface area contributed by atoms with Crippen molar-refractivity contribution in [3.05, 3.63) is 0 Å². The molecule has 0 aromatic heterocycles. The van der Waals surface area contributed by atoms with E-state index in [2.05, 4.69) is 37.9 Å². The molecule has 1 aliphatic rings. The lowest BCUT2D eigenvalue weighted by atomic mass is 9.93. The number of nitrogens with zero attached hydrogens (tertiary/aromatic N) is 1. The first-order chi connectivity index (χ1) is 8.50. The van der Waals surface area contributed by atoms with Gasteiger partial charge in [0.05, 0.1) is 5.60 Å². The summed E-state index contributed by atoms with van der Waals surface area (Å²) in [6.45, 7) is 12.5. The van der Waals surface area contributed by atoms with E-state index in [0.717, 1.165) is 13.1 Å². The molecule has 0 radical (unpaired) electrons. The van der Waals surface area contributed by atoms with Crippen LogP contribution >= 0.6 is 0 Å². The number of methoxy groups -OCH3 is 1. The zero-order chi connectivity index (χ0) is 13.6. The Bertz CT molecular complexity index is 235. The molecule has 0 aromatic carbocycles. The van der Waals surface area contributed by atoms with Gasteiger partial charge in [-0.3, -0.25) is 4.90 Å². The second-order valence-electron chi connectivity index (χ2n) is 6.18. The van der Waals surface area contributed by atoms with Crippen LogP contribution in [0.15, 0.2) is 0 Å². The predicted octanol–water partition coefficient (Wildman–Crippen LogP) is 2.65. The van der Waals surface area contributed by atoms with Crippen LogP contribution in [-0.2, 0) is 4.74 Å². The molecule has 0 aliphatic carbocycles. The molecule has 1 fully saturated rings. The molecule has 1 aliphatic heterocycles. The van der Waals surface area contributed by atoms with Gasteiger partial charge in [-0.2, -0.15) is 0 Å². The summed E-state index contributed by atoms with van der Waals surface area (Å²) in [7, 11) is 1.84. The van der Waals surface area contributed by atoms with Crippen molar-refractivity contribution in [2.24, 2.45) is 0 Å². The van der Waals surface area contributed by atoms with Crippen molar-refractivity contribution in [2.75, 3.05) is 26.7 Å². The molecule has 1 heterocycles. The Labute approximate surface area is 113 Å². The van der Waals surface area contributed by atoms with Gasteiger partial charge in [0.1, 0.15) is 0 Å². The molecule has 108 valence electrons. The molecule has 3 nitrogen and oxygen atoms in total. The highest BCUT2D eigenvalue weighted by Gasteiger charge is 2.32. The molecule has 18 heavy (non-hydrogen) atoms. The molecule has 1 N–H and O–H groups in total. The monoisotopic (exact) mass is 256 g/mol. The third-order valence-corrected chi connectivity index (χ3v) is 4.29. The van der Waals surface area contributed by atoms with E-state index in [0.29, 0.717) is 12.1 Å². The summed E-state index contributed by atoms with van der Waals surface area (Å²) in [6.07, 6.45) is 4.96. The molecule has 0 spiro atoms. The predicted molar refractivity (Wildman–Crippen MR) is 78.1 cm³/mol. The van der Waals surface area contributed by atoms with Crippen LogP contribution in [0.4, 0.5) is 0 Å². The van der Waals surface area contributed by atoms with Crippen LogP contribution in [0.2, 0.25) is 0 Å². The van der Waals surface area contributed by atoms with Gasteiger partial charge < -0.3 is 10.1 Å². The molecule has 0 saturated carbocycles. The maximum atomic E-state index is 5.66. The minimum absolute atomic E-state index is 0.0571. The number of ether oxygens (including phenoxy) is 1. The van der Waals surface area contributed by atoms with E-state index >= 15 is 0 Å². The van der Waals surface area contributed by atoms with Gasteiger partial charge in [-0.05, 0) is 46.6 Å². The van der Waals surface area contributed by atoms with Gasteiger partial charge in [-0.15, -0.1) is 0 Å². The first-order valence-electron chi connectivity index (χ1n) is 7.53. The van der Waals surface area contributed by atoms with Gasteiger partial charge >= 0.3 is 0 Å². The number of rotatable bonds is 7. The van der Waals surface area contributed by atoms with E-state index in [-0.39, 0.29) is 5.60 Å². The normalized spacial score (nSPS) is 29.2. The third-order valence-electron chi connectivity index (χ3n) is 4.29. The van der Waals surface area contributed by atoms with Crippen molar-refractivity contribution >= 4 is 0 Å². The number of hydrogen-bond acceptors (Lipinski definition) is 3. The summed E-state index contributed by atoms with van der Waals surface area (Å²) >= 11 is 0. The SMILES string of the molecule is CCCC(C)NCC(C)N1CCCC(C)(OC)C1. The minimum Gasteiger partial charge on any atom is -0.377 e. The Kier molecular flexibility index (Phi) is 6.61. The Balaban J connectivity index is 2.34. The average Bonchev–Trinajstić information content (AvgIpc) is 2.36. The van der Waals surface area contributed by atoms with E-state index in [1.54, 1.807) is 0 Å². The molecule has 1 saturated heterocycles. The number of piperidine rings is 1. The highest BCUT2D eigenvalue weighted by Crippen LogP contribution is 2.24. The van der Waals surface area contributed by atoms with Crippen molar-refractivity contribution in [3.8, 4) is 0 Å². The van der Waals surface area contributed by atoms with Gasteiger partial charge in [0.15, 0.2) is 0 Å². The summed E-state index contributed by atoms with van der Waals surface area (Å²) in [6, 6.07) is 1.23. The first-order valence-corrected chi connectivity index (χ1v) is 7.53. The lowest BCUT2D eigenvalue weighted by Crippen LogP contribution is -2.53. The smallest absolute Gasteiger partial charge is 0.0777 e. The van der Waals surface area contributed by atoms with Gasteiger partial charge in [0, 0.05) is 32.3 Å². The fourth-order valence-electron chi connectivity index (χ4n) is 2.82. The number of nitrogens with one attached hydrogen (secondary N) is 1. The van der Waals surface area contributed by atoms with Crippen molar-refractivity contribution < 1.29 is 4.74 Å². The van der Waals surface area contributed by atoms with Gasteiger partial charge in [0.25, 0.3) is 0 Å². The van der Waals surface area contributed by atoms with E-state index in [4.69, 9.17) is 4.74 Å².